The molecule has 0 aliphatic heterocycles. The maximum absolute atomic E-state index is 2.82. The summed E-state index contributed by atoms with van der Waals surface area (Å²) in [6, 6.07) is 29.6. The van der Waals surface area contributed by atoms with Crippen LogP contribution in [-0.2, 0) is 0 Å². The Labute approximate surface area is 136 Å². The average Bonchev–Trinajstić information content (AvgIpc) is 2.57. The molecule has 22 heavy (non-hydrogen) atoms. The second kappa shape index (κ2) is 7.01. The molecule has 2 unspecified atom stereocenters. The lowest BCUT2D eigenvalue weighted by Gasteiger charge is -2.15. The van der Waals surface area contributed by atoms with Crippen LogP contribution in [0.25, 0.3) is 16.7 Å². The van der Waals surface area contributed by atoms with Gasteiger partial charge >= 0.3 is 0 Å². The fourth-order valence-corrected chi connectivity index (χ4v) is 3.30. The molecule has 0 saturated carbocycles. The summed E-state index contributed by atoms with van der Waals surface area (Å²) in [7, 11) is 5.64. The monoisotopic (exact) mass is 320 g/mol. The molecule has 0 amide bonds. The molecule has 0 aliphatic carbocycles. The Morgan fingerprint density at radius 2 is 1.14 bits per heavy atom. The quantitative estimate of drug-likeness (QED) is 0.533. The molecule has 3 rings (SSSR count). The van der Waals surface area contributed by atoms with E-state index in [1.165, 1.54) is 27.8 Å². The molecule has 0 N–H and O–H groups in total. The molecule has 3 aromatic carbocycles. The van der Waals surface area contributed by atoms with Gasteiger partial charge in [0.2, 0.25) is 0 Å². The first kappa shape index (κ1) is 15.2. The van der Waals surface area contributed by atoms with Crippen molar-refractivity contribution in [2.75, 3.05) is 0 Å². The van der Waals surface area contributed by atoms with Crippen molar-refractivity contribution in [3.8, 4) is 11.1 Å². The van der Waals surface area contributed by atoms with Gasteiger partial charge < -0.3 is 0 Å². The predicted molar refractivity (Wildman–Crippen MR) is 104 cm³/mol. The maximum Gasteiger partial charge on any atom is -0.00343 e. The Morgan fingerprint density at radius 3 is 1.77 bits per heavy atom. The van der Waals surface area contributed by atoms with Crippen LogP contribution in [0.4, 0.5) is 0 Å². The van der Waals surface area contributed by atoms with Gasteiger partial charge in [0.15, 0.2) is 0 Å². The van der Waals surface area contributed by atoms with Crippen LogP contribution in [0, 0.1) is 0 Å². The fourth-order valence-electron chi connectivity index (χ4n) is 2.65. The summed E-state index contributed by atoms with van der Waals surface area (Å²) in [4.78, 5) is 0. The molecule has 2 heteroatoms. The van der Waals surface area contributed by atoms with Gasteiger partial charge in [-0.25, -0.2) is 0 Å². The van der Waals surface area contributed by atoms with Crippen LogP contribution in [0.2, 0.25) is 0 Å². The highest BCUT2D eigenvalue weighted by molar-refractivity contribution is 7.46. The van der Waals surface area contributed by atoms with Crippen molar-refractivity contribution in [2.24, 2.45) is 0 Å². The molecule has 0 aromatic heterocycles. The normalized spacial score (nSPS) is 10.3. The van der Waals surface area contributed by atoms with Crippen LogP contribution in [0.5, 0.6) is 0 Å². The minimum Gasteiger partial charge on any atom is -0.105 e. The van der Waals surface area contributed by atoms with Crippen molar-refractivity contribution in [2.45, 2.75) is 0 Å². The van der Waals surface area contributed by atoms with Crippen molar-refractivity contribution >= 4 is 24.1 Å². The number of rotatable bonds is 3. The summed E-state index contributed by atoms with van der Waals surface area (Å²) < 4.78 is 0. The molecule has 0 radical (unpaired) electrons. The van der Waals surface area contributed by atoms with E-state index >= 15 is 0 Å². The van der Waals surface area contributed by atoms with E-state index in [0.717, 1.165) is 5.06 Å². The minimum absolute atomic E-state index is 1.16. The molecule has 3 aromatic rings. The number of hydrogen-bond acceptors (Lipinski definition) is 0. The minimum atomic E-state index is 1.16. The summed E-state index contributed by atoms with van der Waals surface area (Å²) in [6.07, 6.45) is 0. The fraction of sp³-hybridized carbons (Fsp3) is 0. The van der Waals surface area contributed by atoms with Gasteiger partial charge in [0.25, 0.3) is 0 Å². The van der Waals surface area contributed by atoms with Crippen LogP contribution in [0.1, 0.15) is 11.1 Å². The van der Waals surface area contributed by atoms with Crippen molar-refractivity contribution in [3.63, 3.8) is 0 Å². The molecule has 0 heterocycles. The average molecular weight is 320 g/mol. The van der Waals surface area contributed by atoms with Crippen LogP contribution in [0.15, 0.2) is 90.0 Å². The molecule has 0 aliphatic rings. The van der Waals surface area contributed by atoms with E-state index in [2.05, 4.69) is 103 Å². The van der Waals surface area contributed by atoms with Crippen LogP contribution in [-0.4, -0.2) is 0 Å². The smallest absolute Gasteiger partial charge is 0.00343 e. The van der Waals surface area contributed by atoms with E-state index < -0.39 is 0 Å². The standard InChI is InChI=1S/C20H18P2/c21-20(22)19(16-11-5-2-6-12-16)18-14-8-7-13-17(18)15-9-3-1-4-10-15/h1-14H,21-22H2. The molecule has 0 nitrogen and oxygen atoms in total. The molecule has 0 spiro atoms. The molecule has 0 saturated heterocycles. The largest absolute Gasteiger partial charge is 0.105 e. The van der Waals surface area contributed by atoms with E-state index in [1.807, 2.05) is 0 Å². The molecule has 0 bridgehead atoms. The summed E-state index contributed by atoms with van der Waals surface area (Å²) in [5.74, 6) is 0. The second-order valence-electron chi connectivity index (χ2n) is 5.11. The van der Waals surface area contributed by atoms with Crippen molar-refractivity contribution in [1.29, 1.82) is 0 Å². The van der Waals surface area contributed by atoms with Crippen molar-refractivity contribution in [1.82, 2.24) is 0 Å². The van der Waals surface area contributed by atoms with Crippen LogP contribution < -0.4 is 0 Å². The zero-order chi connectivity index (χ0) is 15.4. The maximum atomic E-state index is 2.82. The molecule has 108 valence electrons. The number of hydrogen-bond donors (Lipinski definition) is 0. The Bertz CT molecular complexity index is 786. The van der Waals surface area contributed by atoms with Gasteiger partial charge in [-0.15, -0.1) is 18.5 Å². The van der Waals surface area contributed by atoms with Gasteiger partial charge in [0.1, 0.15) is 0 Å². The topological polar surface area (TPSA) is 0 Å². The van der Waals surface area contributed by atoms with Gasteiger partial charge in [-0.05, 0) is 32.9 Å². The third-order valence-electron chi connectivity index (χ3n) is 3.63. The van der Waals surface area contributed by atoms with Gasteiger partial charge in [-0.2, -0.15) is 0 Å². The van der Waals surface area contributed by atoms with Crippen LogP contribution in [0.3, 0.4) is 0 Å². The van der Waals surface area contributed by atoms with Crippen molar-refractivity contribution in [3.05, 3.63) is 101 Å². The third-order valence-corrected chi connectivity index (χ3v) is 4.21. The van der Waals surface area contributed by atoms with E-state index in [1.54, 1.807) is 0 Å². The van der Waals surface area contributed by atoms with Gasteiger partial charge in [0.05, 0.1) is 0 Å². The van der Waals surface area contributed by atoms with E-state index in [0.29, 0.717) is 0 Å². The summed E-state index contributed by atoms with van der Waals surface area (Å²) in [5, 5.41) is 1.16. The highest BCUT2D eigenvalue weighted by Gasteiger charge is 2.12. The first-order chi connectivity index (χ1) is 10.8. The van der Waals surface area contributed by atoms with Gasteiger partial charge in [-0.1, -0.05) is 84.9 Å². The SMILES string of the molecule is PC(P)=C(c1ccccc1)c1ccccc1-c1ccccc1. The summed E-state index contributed by atoms with van der Waals surface area (Å²) in [5.41, 5.74) is 6.22. The number of benzene rings is 3. The first-order valence-electron chi connectivity index (χ1n) is 7.23. The lowest BCUT2D eigenvalue weighted by atomic mass is 9.91. The molecule has 0 fully saturated rings. The Balaban J connectivity index is 2.22. The van der Waals surface area contributed by atoms with E-state index in [-0.39, 0.29) is 0 Å². The summed E-state index contributed by atoms with van der Waals surface area (Å²) >= 11 is 0. The Kier molecular flexibility index (Phi) is 4.84. The molecular formula is C20H18P2. The Hall–Kier alpha value is -1.74. The zero-order valence-electron chi connectivity index (χ0n) is 12.2. The highest BCUT2D eigenvalue weighted by atomic mass is 31.1. The van der Waals surface area contributed by atoms with Crippen molar-refractivity contribution < 1.29 is 0 Å². The lowest BCUT2D eigenvalue weighted by Crippen LogP contribution is -1.92. The molecular weight excluding hydrogens is 302 g/mol. The molecule has 2 atom stereocenters. The Morgan fingerprint density at radius 1 is 0.591 bits per heavy atom. The van der Waals surface area contributed by atoms with E-state index in [9.17, 15) is 0 Å². The van der Waals surface area contributed by atoms with E-state index in [4.69, 9.17) is 0 Å². The zero-order valence-corrected chi connectivity index (χ0v) is 14.5. The lowest BCUT2D eigenvalue weighted by molar-refractivity contribution is 1.53. The van der Waals surface area contributed by atoms with Gasteiger partial charge in [-0.3, -0.25) is 0 Å². The highest BCUT2D eigenvalue weighted by Crippen LogP contribution is 2.38. The predicted octanol–water partition coefficient (Wildman–Crippen LogP) is 5.82. The van der Waals surface area contributed by atoms with Crippen LogP contribution >= 0.6 is 18.5 Å². The first-order valence-corrected chi connectivity index (χ1v) is 8.38. The second-order valence-corrected chi connectivity index (χ2v) is 7.02. The third kappa shape index (κ3) is 3.20. The summed E-state index contributed by atoms with van der Waals surface area (Å²) in [6.45, 7) is 0. The van der Waals surface area contributed by atoms with Gasteiger partial charge in [0, 0.05) is 0 Å².